The average Bonchev–Trinajstić information content (AvgIpc) is 2.67. The lowest BCUT2D eigenvalue weighted by molar-refractivity contribution is 0.0955. The van der Waals surface area contributed by atoms with E-state index < -0.39 is 0 Å². The van der Waals surface area contributed by atoms with E-state index in [2.05, 4.69) is 5.92 Å². The van der Waals surface area contributed by atoms with Crippen molar-refractivity contribution in [3.05, 3.63) is 35.3 Å². The second-order valence-electron chi connectivity index (χ2n) is 4.18. The molecule has 0 amide bonds. The first kappa shape index (κ1) is 12.4. The number of rotatable bonds is 4. The minimum atomic E-state index is -0.335. The van der Waals surface area contributed by atoms with Crippen LogP contribution >= 0.6 is 0 Å². The Labute approximate surface area is 105 Å². The molecule has 0 saturated carbocycles. The zero-order valence-corrected chi connectivity index (χ0v) is 10.1. The van der Waals surface area contributed by atoms with Gasteiger partial charge in [-0.15, -0.1) is 12.3 Å². The van der Waals surface area contributed by atoms with Crippen LogP contribution in [0.15, 0.2) is 22.6 Å². The lowest BCUT2D eigenvalue weighted by Crippen LogP contribution is -1.98. The lowest BCUT2D eigenvalue weighted by Gasteiger charge is -1.96. The van der Waals surface area contributed by atoms with E-state index >= 15 is 0 Å². The number of terminal acetylenes is 1. The second kappa shape index (κ2) is 5.05. The van der Waals surface area contributed by atoms with Crippen LogP contribution in [0.4, 0.5) is 4.39 Å². The number of unbranched alkanes of at least 4 members (excludes halogenated alkanes) is 1. The molecule has 0 atom stereocenters. The van der Waals surface area contributed by atoms with Gasteiger partial charge in [0.2, 0.25) is 0 Å². The van der Waals surface area contributed by atoms with E-state index in [1.165, 1.54) is 18.2 Å². The SMILES string of the molecule is C#CCCCC(=O)c1oc2ccc(F)cc2c1C. The Morgan fingerprint density at radius 3 is 3.00 bits per heavy atom. The van der Waals surface area contributed by atoms with Gasteiger partial charge in [-0.1, -0.05) is 0 Å². The van der Waals surface area contributed by atoms with Gasteiger partial charge in [0, 0.05) is 23.8 Å². The number of carbonyl (C=O) groups is 1. The highest BCUT2D eigenvalue weighted by atomic mass is 19.1. The molecule has 92 valence electrons. The number of fused-ring (bicyclic) bond motifs is 1. The van der Waals surface area contributed by atoms with Gasteiger partial charge in [-0.05, 0) is 31.5 Å². The standard InChI is InChI=1S/C15H13FO2/c1-3-4-5-6-13(17)15-10(2)12-9-11(16)7-8-14(12)18-15/h1,7-9H,4-6H2,2H3. The van der Waals surface area contributed by atoms with Gasteiger partial charge < -0.3 is 4.42 Å². The molecule has 2 nitrogen and oxygen atoms in total. The van der Waals surface area contributed by atoms with Gasteiger partial charge in [-0.3, -0.25) is 4.79 Å². The highest BCUT2D eigenvalue weighted by Gasteiger charge is 2.17. The molecule has 0 aliphatic rings. The van der Waals surface area contributed by atoms with Crippen molar-refractivity contribution in [2.75, 3.05) is 0 Å². The van der Waals surface area contributed by atoms with Crippen LogP contribution in [-0.4, -0.2) is 5.78 Å². The zero-order chi connectivity index (χ0) is 13.1. The number of ketones is 1. The Kier molecular flexibility index (Phi) is 3.47. The van der Waals surface area contributed by atoms with Gasteiger partial charge >= 0.3 is 0 Å². The Hall–Kier alpha value is -2.08. The molecule has 0 bridgehead atoms. The van der Waals surface area contributed by atoms with Crippen molar-refractivity contribution in [2.45, 2.75) is 26.2 Å². The van der Waals surface area contributed by atoms with Crippen molar-refractivity contribution in [1.29, 1.82) is 0 Å². The number of Topliss-reactive ketones (excluding diaryl/α,β-unsaturated/α-hetero) is 1. The van der Waals surface area contributed by atoms with E-state index in [1.807, 2.05) is 0 Å². The van der Waals surface area contributed by atoms with Gasteiger partial charge in [0.05, 0.1) is 0 Å². The molecule has 0 aliphatic heterocycles. The normalized spacial score (nSPS) is 10.5. The maximum atomic E-state index is 13.1. The van der Waals surface area contributed by atoms with Crippen LogP contribution in [0.1, 0.15) is 35.4 Å². The molecule has 18 heavy (non-hydrogen) atoms. The minimum absolute atomic E-state index is 0.0839. The van der Waals surface area contributed by atoms with Crippen molar-refractivity contribution >= 4 is 16.8 Å². The summed E-state index contributed by atoms with van der Waals surface area (Å²) < 4.78 is 18.6. The number of benzene rings is 1. The number of halogens is 1. The van der Waals surface area contributed by atoms with Crippen LogP contribution < -0.4 is 0 Å². The van der Waals surface area contributed by atoms with Gasteiger partial charge in [-0.25, -0.2) is 4.39 Å². The molecule has 0 fully saturated rings. The fraction of sp³-hybridized carbons (Fsp3) is 0.267. The zero-order valence-electron chi connectivity index (χ0n) is 10.1. The minimum Gasteiger partial charge on any atom is -0.453 e. The number of furan rings is 1. The molecule has 0 radical (unpaired) electrons. The first-order chi connectivity index (χ1) is 8.63. The van der Waals surface area contributed by atoms with Crippen LogP contribution in [0.3, 0.4) is 0 Å². The van der Waals surface area contributed by atoms with E-state index in [0.717, 1.165) is 0 Å². The van der Waals surface area contributed by atoms with Crippen LogP contribution in [0, 0.1) is 25.1 Å². The first-order valence-electron chi connectivity index (χ1n) is 5.79. The number of carbonyl (C=O) groups excluding carboxylic acids is 1. The summed E-state index contributed by atoms with van der Waals surface area (Å²) in [5.41, 5.74) is 1.23. The second-order valence-corrected chi connectivity index (χ2v) is 4.18. The monoisotopic (exact) mass is 244 g/mol. The molecule has 3 heteroatoms. The number of hydrogen-bond acceptors (Lipinski definition) is 2. The highest BCUT2D eigenvalue weighted by Crippen LogP contribution is 2.27. The molecular weight excluding hydrogens is 231 g/mol. The maximum Gasteiger partial charge on any atom is 0.198 e. The maximum absolute atomic E-state index is 13.1. The summed E-state index contributed by atoms with van der Waals surface area (Å²) in [7, 11) is 0. The fourth-order valence-electron chi connectivity index (χ4n) is 1.92. The van der Waals surface area contributed by atoms with Crippen LogP contribution in [0.2, 0.25) is 0 Å². The van der Waals surface area contributed by atoms with Gasteiger partial charge in [-0.2, -0.15) is 0 Å². The quantitative estimate of drug-likeness (QED) is 0.464. The Balaban J connectivity index is 2.31. The summed E-state index contributed by atoms with van der Waals surface area (Å²) in [5, 5.41) is 0.648. The van der Waals surface area contributed by atoms with E-state index in [0.29, 0.717) is 41.6 Å². The molecular formula is C15H13FO2. The molecule has 0 aliphatic carbocycles. The molecule has 1 aromatic carbocycles. The topological polar surface area (TPSA) is 30.2 Å². The molecule has 1 heterocycles. The van der Waals surface area contributed by atoms with Crippen molar-refractivity contribution in [3.8, 4) is 12.3 Å². The van der Waals surface area contributed by atoms with Crippen LogP contribution in [0.25, 0.3) is 11.0 Å². The first-order valence-corrected chi connectivity index (χ1v) is 5.79. The predicted octanol–water partition coefficient (Wildman–Crippen LogP) is 3.87. The van der Waals surface area contributed by atoms with Crippen molar-refractivity contribution < 1.29 is 13.6 Å². The molecule has 0 N–H and O–H groups in total. The summed E-state index contributed by atoms with van der Waals surface area (Å²) in [5.74, 6) is 2.38. The van der Waals surface area contributed by atoms with Gasteiger partial charge in [0.25, 0.3) is 0 Å². The highest BCUT2D eigenvalue weighted by molar-refractivity contribution is 6.00. The third-order valence-corrected chi connectivity index (χ3v) is 2.88. The van der Waals surface area contributed by atoms with Crippen LogP contribution in [-0.2, 0) is 0 Å². The lowest BCUT2D eigenvalue weighted by atomic mass is 10.1. The number of hydrogen-bond donors (Lipinski definition) is 0. The summed E-state index contributed by atoms with van der Waals surface area (Å²) in [6, 6.07) is 4.24. The Morgan fingerprint density at radius 2 is 2.28 bits per heavy atom. The van der Waals surface area contributed by atoms with Crippen LogP contribution in [0.5, 0.6) is 0 Å². The van der Waals surface area contributed by atoms with Gasteiger partial charge in [0.15, 0.2) is 11.5 Å². The fourth-order valence-corrected chi connectivity index (χ4v) is 1.92. The van der Waals surface area contributed by atoms with E-state index in [-0.39, 0.29) is 11.6 Å². The molecule has 0 saturated heterocycles. The molecule has 0 unspecified atom stereocenters. The number of aryl methyl sites for hydroxylation is 1. The van der Waals surface area contributed by atoms with Gasteiger partial charge in [0.1, 0.15) is 11.4 Å². The predicted molar refractivity (Wildman–Crippen MR) is 67.9 cm³/mol. The molecule has 2 aromatic rings. The third-order valence-electron chi connectivity index (χ3n) is 2.88. The van der Waals surface area contributed by atoms with Crippen molar-refractivity contribution in [1.82, 2.24) is 0 Å². The summed E-state index contributed by atoms with van der Waals surface area (Å²) in [6.07, 6.45) is 6.70. The summed E-state index contributed by atoms with van der Waals surface area (Å²) >= 11 is 0. The summed E-state index contributed by atoms with van der Waals surface area (Å²) in [4.78, 5) is 11.9. The van der Waals surface area contributed by atoms with Crippen molar-refractivity contribution in [2.24, 2.45) is 0 Å². The molecule has 1 aromatic heterocycles. The Morgan fingerprint density at radius 1 is 1.50 bits per heavy atom. The van der Waals surface area contributed by atoms with E-state index in [9.17, 15) is 9.18 Å². The third kappa shape index (κ3) is 2.28. The Bertz CT molecular complexity index is 632. The largest absolute Gasteiger partial charge is 0.453 e. The molecule has 2 rings (SSSR count). The van der Waals surface area contributed by atoms with E-state index in [1.54, 1.807) is 6.92 Å². The summed E-state index contributed by atoms with van der Waals surface area (Å²) in [6.45, 7) is 1.76. The molecule has 0 spiro atoms. The average molecular weight is 244 g/mol. The van der Waals surface area contributed by atoms with E-state index in [4.69, 9.17) is 10.8 Å². The van der Waals surface area contributed by atoms with Crippen molar-refractivity contribution in [3.63, 3.8) is 0 Å². The smallest absolute Gasteiger partial charge is 0.198 e.